The van der Waals surface area contributed by atoms with Crippen LogP contribution in [0.1, 0.15) is 62.2 Å². The molecule has 1 aromatic rings. The quantitative estimate of drug-likeness (QED) is 0.867. The summed E-state index contributed by atoms with van der Waals surface area (Å²) in [6, 6.07) is 2.27. The molecule has 1 aromatic heterocycles. The van der Waals surface area contributed by atoms with Crippen LogP contribution in [0.3, 0.4) is 0 Å². The van der Waals surface area contributed by atoms with Crippen molar-refractivity contribution in [3.05, 3.63) is 17.5 Å². The minimum Gasteiger partial charge on any atom is -0.346 e. The van der Waals surface area contributed by atoms with Crippen LogP contribution < -0.4 is 5.32 Å². The van der Waals surface area contributed by atoms with Crippen LogP contribution in [0.2, 0.25) is 0 Å². The normalized spacial score (nSPS) is 24.4. The average Bonchev–Trinajstić information content (AvgIpc) is 2.97. The van der Waals surface area contributed by atoms with Gasteiger partial charge >= 0.3 is 0 Å². The lowest BCUT2D eigenvalue weighted by molar-refractivity contribution is -0.130. The number of nitrogens with zero attached hydrogens (tertiary/aromatic N) is 2. The summed E-state index contributed by atoms with van der Waals surface area (Å²) in [4.78, 5) is 12.6. The van der Waals surface area contributed by atoms with Gasteiger partial charge in [0, 0.05) is 0 Å². The molecule has 0 saturated heterocycles. The number of H-pyrrole nitrogens is 1. The molecule has 106 valence electrons. The number of hydrogen-bond donors (Lipinski definition) is 2. The number of aromatic nitrogens is 2. The monoisotopic (exact) mass is 272 g/mol. The van der Waals surface area contributed by atoms with E-state index < -0.39 is 5.41 Å². The number of carbonyl (C=O) groups excluding carboxylic acids is 1. The van der Waals surface area contributed by atoms with Gasteiger partial charge in [-0.2, -0.15) is 10.4 Å². The summed E-state index contributed by atoms with van der Waals surface area (Å²) in [6.07, 6.45) is 9.29. The highest BCUT2D eigenvalue weighted by molar-refractivity contribution is 5.85. The van der Waals surface area contributed by atoms with Crippen molar-refractivity contribution in [2.45, 2.75) is 57.4 Å². The molecular weight excluding hydrogens is 252 g/mol. The molecule has 3 rings (SSSR count). The Bertz CT molecular complexity index is 536. The van der Waals surface area contributed by atoms with Gasteiger partial charge in [0.25, 0.3) is 0 Å². The van der Waals surface area contributed by atoms with Crippen molar-refractivity contribution < 1.29 is 4.79 Å². The summed E-state index contributed by atoms with van der Waals surface area (Å²) in [6.45, 7) is 0. The molecular formula is C15H20N4O. The predicted molar refractivity (Wildman–Crippen MR) is 73.5 cm³/mol. The second-order valence-corrected chi connectivity index (χ2v) is 5.98. The standard InChI is InChI=1S/C15H20N4O/c16-10-15(7-2-1-3-8-15)14(20)18-12-6-4-5-11-9-17-19-13(11)12/h9,12H,1-8H2,(H,17,19)(H,18,20)/t12-/m0/s1. The van der Waals surface area contributed by atoms with Crippen LogP contribution in [-0.2, 0) is 11.2 Å². The topological polar surface area (TPSA) is 81.6 Å². The highest BCUT2D eigenvalue weighted by atomic mass is 16.2. The number of amides is 1. The molecule has 2 aliphatic carbocycles. The van der Waals surface area contributed by atoms with E-state index in [-0.39, 0.29) is 11.9 Å². The summed E-state index contributed by atoms with van der Waals surface area (Å²) >= 11 is 0. The first-order valence-corrected chi connectivity index (χ1v) is 7.49. The first kappa shape index (κ1) is 13.2. The fraction of sp³-hybridized carbons (Fsp3) is 0.667. The first-order valence-electron chi connectivity index (χ1n) is 7.49. The zero-order chi connectivity index (χ0) is 14.0. The summed E-state index contributed by atoms with van der Waals surface area (Å²) in [5, 5.41) is 19.6. The SMILES string of the molecule is N#CC1(C(=O)N[C@H]2CCCc3cn[nH]c32)CCCCC1. The molecule has 1 heterocycles. The maximum absolute atomic E-state index is 12.6. The molecule has 0 aromatic carbocycles. The minimum absolute atomic E-state index is 0.0131. The van der Waals surface area contributed by atoms with E-state index in [2.05, 4.69) is 21.6 Å². The van der Waals surface area contributed by atoms with Crippen LogP contribution in [0.25, 0.3) is 0 Å². The molecule has 0 bridgehead atoms. The number of carbonyl (C=O) groups is 1. The molecule has 1 atom stereocenters. The summed E-state index contributed by atoms with van der Waals surface area (Å²) in [7, 11) is 0. The highest BCUT2D eigenvalue weighted by Crippen LogP contribution is 2.37. The molecule has 5 nitrogen and oxygen atoms in total. The third kappa shape index (κ3) is 2.20. The Morgan fingerprint density at radius 2 is 2.20 bits per heavy atom. The number of aromatic amines is 1. The first-order chi connectivity index (χ1) is 9.75. The molecule has 0 spiro atoms. The van der Waals surface area contributed by atoms with Crippen LogP contribution in [-0.4, -0.2) is 16.1 Å². The Kier molecular flexibility index (Phi) is 3.47. The molecule has 5 heteroatoms. The van der Waals surface area contributed by atoms with Gasteiger partial charge in [-0.15, -0.1) is 0 Å². The molecule has 0 aliphatic heterocycles. The maximum Gasteiger partial charge on any atom is 0.241 e. The van der Waals surface area contributed by atoms with Gasteiger partial charge in [0.15, 0.2) is 0 Å². The predicted octanol–water partition coefficient (Wildman–Crippen LogP) is 2.38. The van der Waals surface area contributed by atoms with Gasteiger partial charge in [0.2, 0.25) is 5.91 Å². The van der Waals surface area contributed by atoms with Crippen molar-refractivity contribution in [3.8, 4) is 6.07 Å². The van der Waals surface area contributed by atoms with Gasteiger partial charge in [0.05, 0.1) is 24.0 Å². The summed E-state index contributed by atoms with van der Waals surface area (Å²) in [5.41, 5.74) is 1.40. The van der Waals surface area contributed by atoms with E-state index in [0.29, 0.717) is 12.8 Å². The van der Waals surface area contributed by atoms with E-state index in [9.17, 15) is 10.1 Å². The van der Waals surface area contributed by atoms with Gasteiger partial charge in [0.1, 0.15) is 5.41 Å². The van der Waals surface area contributed by atoms with Crippen LogP contribution >= 0.6 is 0 Å². The van der Waals surface area contributed by atoms with Gasteiger partial charge in [-0.05, 0) is 37.7 Å². The third-order valence-corrected chi connectivity index (χ3v) is 4.70. The smallest absolute Gasteiger partial charge is 0.241 e. The van der Waals surface area contributed by atoms with E-state index in [4.69, 9.17) is 0 Å². The lowest BCUT2D eigenvalue weighted by atomic mass is 9.74. The summed E-state index contributed by atoms with van der Waals surface area (Å²) in [5.74, 6) is -0.0906. The Hall–Kier alpha value is -1.83. The average molecular weight is 272 g/mol. The van der Waals surface area contributed by atoms with Crippen molar-refractivity contribution in [2.24, 2.45) is 5.41 Å². The highest BCUT2D eigenvalue weighted by Gasteiger charge is 2.41. The zero-order valence-electron chi connectivity index (χ0n) is 11.6. The molecule has 20 heavy (non-hydrogen) atoms. The maximum atomic E-state index is 12.6. The number of aryl methyl sites for hydroxylation is 1. The number of rotatable bonds is 2. The molecule has 1 saturated carbocycles. The van der Waals surface area contributed by atoms with E-state index in [1.807, 2.05) is 6.20 Å². The van der Waals surface area contributed by atoms with Crippen molar-refractivity contribution in [3.63, 3.8) is 0 Å². The number of nitrogens with one attached hydrogen (secondary N) is 2. The minimum atomic E-state index is -0.810. The van der Waals surface area contributed by atoms with Gasteiger partial charge < -0.3 is 5.32 Å². The number of fused-ring (bicyclic) bond motifs is 1. The molecule has 1 amide bonds. The number of hydrogen-bond acceptors (Lipinski definition) is 3. The Morgan fingerprint density at radius 1 is 1.40 bits per heavy atom. The molecule has 2 aliphatic rings. The molecule has 0 radical (unpaired) electrons. The Morgan fingerprint density at radius 3 is 2.95 bits per heavy atom. The van der Waals surface area contributed by atoms with E-state index in [0.717, 1.165) is 44.2 Å². The van der Waals surface area contributed by atoms with Gasteiger partial charge in [-0.25, -0.2) is 0 Å². The van der Waals surface area contributed by atoms with Gasteiger partial charge in [-0.1, -0.05) is 19.3 Å². The Balaban J connectivity index is 1.75. The summed E-state index contributed by atoms with van der Waals surface area (Å²) < 4.78 is 0. The zero-order valence-corrected chi connectivity index (χ0v) is 11.6. The van der Waals surface area contributed by atoms with E-state index >= 15 is 0 Å². The second-order valence-electron chi connectivity index (χ2n) is 5.98. The second kappa shape index (κ2) is 5.28. The van der Waals surface area contributed by atoms with Crippen molar-refractivity contribution >= 4 is 5.91 Å². The van der Waals surface area contributed by atoms with Crippen molar-refractivity contribution in [1.82, 2.24) is 15.5 Å². The van der Waals surface area contributed by atoms with E-state index in [1.54, 1.807) is 0 Å². The number of nitriles is 1. The lowest BCUT2D eigenvalue weighted by Gasteiger charge is -2.32. The van der Waals surface area contributed by atoms with Crippen molar-refractivity contribution in [2.75, 3.05) is 0 Å². The van der Waals surface area contributed by atoms with Crippen LogP contribution in [0, 0.1) is 16.7 Å². The fourth-order valence-electron chi connectivity index (χ4n) is 3.45. The van der Waals surface area contributed by atoms with E-state index in [1.165, 1.54) is 5.56 Å². The third-order valence-electron chi connectivity index (χ3n) is 4.70. The molecule has 0 unspecified atom stereocenters. The van der Waals surface area contributed by atoms with Crippen LogP contribution in [0.4, 0.5) is 0 Å². The molecule has 1 fully saturated rings. The Labute approximate surface area is 118 Å². The lowest BCUT2D eigenvalue weighted by Crippen LogP contribution is -2.43. The van der Waals surface area contributed by atoms with Crippen LogP contribution in [0.15, 0.2) is 6.20 Å². The fourth-order valence-corrected chi connectivity index (χ4v) is 3.45. The van der Waals surface area contributed by atoms with Crippen molar-refractivity contribution in [1.29, 1.82) is 5.26 Å². The van der Waals surface area contributed by atoms with Gasteiger partial charge in [-0.3, -0.25) is 9.89 Å². The van der Waals surface area contributed by atoms with Crippen LogP contribution in [0.5, 0.6) is 0 Å². The molecule has 2 N–H and O–H groups in total. The largest absolute Gasteiger partial charge is 0.346 e.